The highest BCUT2D eigenvalue weighted by Crippen LogP contribution is 2.43. The first kappa shape index (κ1) is 21.4. The number of hydrogen-bond donors (Lipinski definition) is 2. The summed E-state index contributed by atoms with van der Waals surface area (Å²) in [6, 6.07) is 22.5. The second-order valence-electron chi connectivity index (χ2n) is 7.63. The minimum Gasteiger partial charge on any atom is -0.507 e. The Balaban J connectivity index is 1.82. The van der Waals surface area contributed by atoms with Crippen molar-refractivity contribution < 1.29 is 28.2 Å². The van der Waals surface area contributed by atoms with E-state index >= 15 is 0 Å². The average molecular weight is 471 g/mol. The molecule has 1 aliphatic carbocycles. The van der Waals surface area contributed by atoms with Gasteiger partial charge < -0.3 is 10.2 Å². The molecular formula is C26H17NO6S. The van der Waals surface area contributed by atoms with E-state index in [0.29, 0.717) is 0 Å². The number of aromatic hydroxyl groups is 2. The van der Waals surface area contributed by atoms with Crippen LogP contribution in [0.15, 0.2) is 95.9 Å². The van der Waals surface area contributed by atoms with Crippen LogP contribution in [0.1, 0.15) is 31.8 Å². The molecule has 168 valence electrons. The van der Waals surface area contributed by atoms with Gasteiger partial charge in [-0.25, -0.2) is 12.7 Å². The lowest BCUT2D eigenvalue weighted by atomic mass is 9.82. The third kappa shape index (κ3) is 3.15. The number of benzene rings is 4. The molecule has 0 fully saturated rings. The Hall–Kier alpha value is -4.43. The average Bonchev–Trinajstić information content (AvgIpc) is 2.85. The number of para-hydroxylation sites is 1. The van der Waals surface area contributed by atoms with Crippen molar-refractivity contribution in [2.45, 2.75) is 4.90 Å². The Bertz CT molecular complexity index is 1560. The number of anilines is 2. The predicted octanol–water partition coefficient (Wildman–Crippen LogP) is 4.40. The van der Waals surface area contributed by atoms with Crippen LogP contribution in [0.4, 0.5) is 11.4 Å². The van der Waals surface area contributed by atoms with E-state index in [-0.39, 0.29) is 38.5 Å². The van der Waals surface area contributed by atoms with Gasteiger partial charge in [0.2, 0.25) is 5.78 Å². The Kier molecular flexibility index (Phi) is 4.95. The molecular weight excluding hydrogens is 454 g/mol. The number of phenolic OH excluding ortho intramolecular Hbond substituents is 2. The van der Waals surface area contributed by atoms with Crippen LogP contribution >= 0.6 is 0 Å². The lowest BCUT2D eigenvalue weighted by molar-refractivity contribution is 0.0974. The summed E-state index contributed by atoms with van der Waals surface area (Å²) in [5.74, 6) is -2.38. The van der Waals surface area contributed by atoms with E-state index in [1.54, 1.807) is 48.5 Å². The van der Waals surface area contributed by atoms with E-state index in [4.69, 9.17) is 0 Å². The Morgan fingerprint density at radius 3 is 1.76 bits per heavy atom. The van der Waals surface area contributed by atoms with E-state index in [2.05, 4.69) is 0 Å². The maximum absolute atomic E-state index is 13.8. The van der Waals surface area contributed by atoms with E-state index in [9.17, 15) is 28.2 Å². The van der Waals surface area contributed by atoms with Crippen molar-refractivity contribution in [3.63, 3.8) is 0 Å². The molecule has 0 radical (unpaired) electrons. The van der Waals surface area contributed by atoms with Crippen LogP contribution < -0.4 is 4.31 Å². The highest BCUT2D eigenvalue weighted by Gasteiger charge is 2.39. The Morgan fingerprint density at radius 1 is 0.588 bits per heavy atom. The van der Waals surface area contributed by atoms with Crippen molar-refractivity contribution in [2.75, 3.05) is 4.31 Å². The zero-order chi connectivity index (χ0) is 24.0. The highest BCUT2D eigenvalue weighted by molar-refractivity contribution is 7.93. The van der Waals surface area contributed by atoms with Gasteiger partial charge in [0.25, 0.3) is 10.0 Å². The summed E-state index contributed by atoms with van der Waals surface area (Å²) in [7, 11) is -4.22. The first-order valence-electron chi connectivity index (χ1n) is 10.2. The third-order valence-corrected chi connectivity index (χ3v) is 7.38. The van der Waals surface area contributed by atoms with Crippen molar-refractivity contribution in [3.8, 4) is 11.5 Å². The SMILES string of the molecule is O=C1c2cccc(N(c3ccccc3)S(=O)(=O)c3ccccc3)c2C(=O)c2c(O)ccc(O)c21. The molecule has 0 saturated carbocycles. The van der Waals surface area contributed by atoms with Crippen LogP contribution in [0.3, 0.4) is 0 Å². The molecule has 1 aliphatic rings. The van der Waals surface area contributed by atoms with E-state index < -0.39 is 33.1 Å². The molecule has 0 unspecified atom stereocenters. The van der Waals surface area contributed by atoms with E-state index in [1.807, 2.05) is 0 Å². The number of fused-ring (bicyclic) bond motifs is 2. The van der Waals surface area contributed by atoms with Crippen molar-refractivity contribution in [1.29, 1.82) is 0 Å². The van der Waals surface area contributed by atoms with Crippen LogP contribution in [0.2, 0.25) is 0 Å². The first-order chi connectivity index (χ1) is 16.3. The van der Waals surface area contributed by atoms with Gasteiger partial charge in [-0.1, -0.05) is 48.5 Å². The zero-order valence-corrected chi connectivity index (χ0v) is 18.4. The molecule has 0 heterocycles. The highest BCUT2D eigenvalue weighted by atomic mass is 32.2. The van der Waals surface area contributed by atoms with Gasteiger partial charge in [-0.05, 0) is 42.5 Å². The van der Waals surface area contributed by atoms with Crippen LogP contribution in [-0.2, 0) is 10.0 Å². The van der Waals surface area contributed by atoms with Crippen molar-refractivity contribution >= 4 is 33.0 Å². The molecule has 0 atom stereocenters. The van der Waals surface area contributed by atoms with E-state index in [0.717, 1.165) is 16.4 Å². The van der Waals surface area contributed by atoms with Crippen LogP contribution in [0.5, 0.6) is 11.5 Å². The van der Waals surface area contributed by atoms with Gasteiger partial charge in [0.15, 0.2) is 5.78 Å². The Morgan fingerprint density at radius 2 is 1.15 bits per heavy atom. The number of ketones is 2. The summed E-state index contributed by atoms with van der Waals surface area (Å²) in [6.45, 7) is 0. The molecule has 8 heteroatoms. The molecule has 34 heavy (non-hydrogen) atoms. The smallest absolute Gasteiger partial charge is 0.268 e. The van der Waals surface area contributed by atoms with Gasteiger partial charge in [-0.2, -0.15) is 0 Å². The normalized spacial score (nSPS) is 12.7. The molecule has 4 aromatic carbocycles. The second-order valence-corrected chi connectivity index (χ2v) is 9.42. The lowest BCUT2D eigenvalue weighted by Gasteiger charge is -2.29. The number of hydrogen-bond acceptors (Lipinski definition) is 6. The molecule has 0 aromatic heterocycles. The molecule has 4 aromatic rings. The molecule has 0 spiro atoms. The summed E-state index contributed by atoms with van der Waals surface area (Å²) in [6.07, 6.45) is 0. The summed E-state index contributed by atoms with van der Waals surface area (Å²) in [5, 5.41) is 20.6. The number of nitrogens with zero attached hydrogens (tertiary/aromatic N) is 1. The maximum Gasteiger partial charge on any atom is 0.268 e. The van der Waals surface area contributed by atoms with Gasteiger partial charge in [-0.3, -0.25) is 9.59 Å². The molecule has 0 amide bonds. The quantitative estimate of drug-likeness (QED) is 0.376. The summed E-state index contributed by atoms with van der Waals surface area (Å²) >= 11 is 0. The topological polar surface area (TPSA) is 112 Å². The van der Waals surface area contributed by atoms with Crippen molar-refractivity contribution in [3.05, 3.63) is 113 Å². The number of rotatable bonds is 4. The van der Waals surface area contributed by atoms with Gasteiger partial charge >= 0.3 is 0 Å². The van der Waals surface area contributed by atoms with Gasteiger partial charge in [0, 0.05) is 5.56 Å². The molecule has 2 N–H and O–H groups in total. The Labute approximate surface area is 195 Å². The number of carbonyl (C=O) groups is 2. The van der Waals surface area contributed by atoms with Crippen LogP contribution in [0, 0.1) is 0 Å². The van der Waals surface area contributed by atoms with Gasteiger partial charge in [0.1, 0.15) is 11.5 Å². The first-order valence-corrected chi connectivity index (χ1v) is 11.7. The monoisotopic (exact) mass is 471 g/mol. The van der Waals surface area contributed by atoms with Gasteiger partial charge in [-0.15, -0.1) is 0 Å². The lowest BCUT2D eigenvalue weighted by Crippen LogP contribution is -2.30. The molecule has 0 aliphatic heterocycles. The minimum absolute atomic E-state index is 0.00747. The number of phenols is 2. The van der Waals surface area contributed by atoms with Crippen molar-refractivity contribution in [2.24, 2.45) is 0 Å². The van der Waals surface area contributed by atoms with E-state index in [1.165, 1.54) is 30.3 Å². The molecule has 7 nitrogen and oxygen atoms in total. The molecule has 0 bridgehead atoms. The van der Waals surface area contributed by atoms with Crippen LogP contribution in [-0.4, -0.2) is 30.2 Å². The zero-order valence-electron chi connectivity index (χ0n) is 17.5. The predicted molar refractivity (Wildman–Crippen MR) is 125 cm³/mol. The summed E-state index contributed by atoms with van der Waals surface area (Å²) < 4.78 is 28.6. The second kappa shape index (κ2) is 7.86. The van der Waals surface area contributed by atoms with Gasteiger partial charge in [0.05, 0.1) is 33.0 Å². The fourth-order valence-corrected chi connectivity index (χ4v) is 5.63. The molecule has 0 saturated heterocycles. The fraction of sp³-hybridized carbons (Fsp3) is 0. The number of carbonyl (C=O) groups excluding carboxylic acids is 2. The minimum atomic E-state index is -4.22. The molecule has 5 rings (SSSR count). The fourth-order valence-electron chi connectivity index (χ4n) is 4.11. The third-order valence-electron chi connectivity index (χ3n) is 5.62. The number of sulfonamides is 1. The standard InChI is InChI=1S/C26H17NO6S/c28-20-14-15-21(29)24-23(20)25(30)18-12-7-13-19(22(18)26(24)31)27(16-8-3-1-4-9-16)34(32,33)17-10-5-2-6-11-17/h1-15,28-29H. The van der Waals surface area contributed by atoms with Crippen LogP contribution in [0.25, 0.3) is 0 Å². The maximum atomic E-state index is 13.8. The van der Waals surface area contributed by atoms with Crippen molar-refractivity contribution in [1.82, 2.24) is 0 Å². The largest absolute Gasteiger partial charge is 0.507 e. The summed E-state index contributed by atoms with van der Waals surface area (Å²) in [5.41, 5.74) is -0.712. The summed E-state index contributed by atoms with van der Waals surface area (Å²) in [4.78, 5) is 26.9.